The molecule has 25 heavy (non-hydrogen) atoms. The molecule has 0 unspecified atom stereocenters. The Morgan fingerprint density at radius 3 is 2.60 bits per heavy atom. The third-order valence-electron chi connectivity index (χ3n) is 4.16. The first-order chi connectivity index (χ1) is 12.3. The molecule has 0 aliphatic carbocycles. The first-order valence-corrected chi connectivity index (χ1v) is 8.29. The smallest absolute Gasteiger partial charge is 0.259 e. The number of nitrogens with one attached hydrogen (secondary N) is 2. The molecule has 126 valence electrons. The Bertz CT molecular complexity index is 872. The highest BCUT2D eigenvalue weighted by Gasteiger charge is 2.16. The van der Waals surface area contributed by atoms with Crippen molar-refractivity contribution < 1.29 is 4.79 Å². The van der Waals surface area contributed by atoms with Gasteiger partial charge in [0, 0.05) is 31.0 Å². The van der Waals surface area contributed by atoms with Crippen molar-refractivity contribution in [3.8, 4) is 0 Å². The van der Waals surface area contributed by atoms with Gasteiger partial charge in [0.1, 0.15) is 11.6 Å². The number of hydrogen-bond donors (Lipinski definition) is 2. The Kier molecular flexibility index (Phi) is 4.12. The molecular formula is C18H18N6O. The minimum atomic E-state index is -0.237. The predicted molar refractivity (Wildman–Crippen MR) is 94.9 cm³/mol. The van der Waals surface area contributed by atoms with E-state index in [2.05, 4.69) is 30.2 Å². The van der Waals surface area contributed by atoms with Crippen LogP contribution in [0.1, 0.15) is 29.0 Å². The molecule has 1 aliphatic rings. The number of carbonyl (C=O) groups excluding carboxylic acids is 1. The minimum absolute atomic E-state index is 0.237. The summed E-state index contributed by atoms with van der Waals surface area (Å²) in [4.78, 5) is 25.2. The van der Waals surface area contributed by atoms with Gasteiger partial charge in [-0.3, -0.25) is 4.79 Å². The fourth-order valence-corrected chi connectivity index (χ4v) is 2.86. The van der Waals surface area contributed by atoms with E-state index in [0.717, 1.165) is 43.1 Å². The maximum absolute atomic E-state index is 12.4. The van der Waals surface area contributed by atoms with Gasteiger partial charge in [0.05, 0.1) is 11.8 Å². The van der Waals surface area contributed by atoms with Gasteiger partial charge in [-0.05, 0) is 25.0 Å². The molecule has 2 aromatic heterocycles. The number of rotatable bonds is 4. The Labute approximate surface area is 145 Å². The number of para-hydroxylation sites is 1. The van der Waals surface area contributed by atoms with Gasteiger partial charge in [-0.15, -0.1) is 0 Å². The number of nitrogens with zero attached hydrogens (tertiary/aromatic N) is 4. The van der Waals surface area contributed by atoms with Crippen molar-refractivity contribution in [1.82, 2.24) is 19.5 Å². The van der Waals surface area contributed by atoms with E-state index in [0.29, 0.717) is 11.5 Å². The van der Waals surface area contributed by atoms with Gasteiger partial charge >= 0.3 is 0 Å². The quantitative estimate of drug-likeness (QED) is 0.766. The summed E-state index contributed by atoms with van der Waals surface area (Å²) in [6, 6.07) is 9.64. The Balaban J connectivity index is 1.45. The van der Waals surface area contributed by atoms with Crippen LogP contribution in [0.2, 0.25) is 0 Å². The lowest BCUT2D eigenvalue weighted by Crippen LogP contribution is -2.18. The van der Waals surface area contributed by atoms with E-state index in [1.807, 2.05) is 30.3 Å². The Hall–Kier alpha value is -3.22. The van der Waals surface area contributed by atoms with E-state index < -0.39 is 0 Å². The molecule has 0 radical (unpaired) electrons. The predicted octanol–water partition coefficient (Wildman–Crippen LogP) is 3.01. The van der Waals surface area contributed by atoms with Crippen molar-refractivity contribution in [1.29, 1.82) is 0 Å². The first-order valence-electron chi connectivity index (χ1n) is 8.29. The molecule has 7 nitrogen and oxygen atoms in total. The van der Waals surface area contributed by atoms with Crippen LogP contribution in [0.25, 0.3) is 0 Å². The largest absolute Gasteiger partial charge is 0.324 e. The molecule has 0 atom stereocenters. The van der Waals surface area contributed by atoms with Crippen LogP contribution in [-0.2, 0) is 13.0 Å². The molecule has 0 fully saturated rings. The molecule has 0 saturated carbocycles. The summed E-state index contributed by atoms with van der Waals surface area (Å²) in [5, 5.41) is 5.99. The van der Waals surface area contributed by atoms with E-state index in [-0.39, 0.29) is 5.91 Å². The van der Waals surface area contributed by atoms with Gasteiger partial charge in [0.25, 0.3) is 5.91 Å². The third-order valence-corrected chi connectivity index (χ3v) is 4.16. The van der Waals surface area contributed by atoms with Crippen molar-refractivity contribution in [2.24, 2.45) is 0 Å². The van der Waals surface area contributed by atoms with Crippen LogP contribution in [-0.4, -0.2) is 25.4 Å². The summed E-state index contributed by atoms with van der Waals surface area (Å²) < 4.78 is 2.06. The van der Waals surface area contributed by atoms with Crippen LogP contribution in [0.5, 0.6) is 0 Å². The van der Waals surface area contributed by atoms with Crippen molar-refractivity contribution in [2.45, 2.75) is 25.8 Å². The Morgan fingerprint density at radius 1 is 1.00 bits per heavy atom. The lowest BCUT2D eigenvalue weighted by molar-refractivity contribution is 0.102. The summed E-state index contributed by atoms with van der Waals surface area (Å²) in [5.41, 5.74) is 1.30. The maximum Gasteiger partial charge on any atom is 0.259 e. The first kappa shape index (κ1) is 15.3. The highest BCUT2D eigenvalue weighted by atomic mass is 16.1. The van der Waals surface area contributed by atoms with Gasteiger partial charge in [-0.25, -0.2) is 15.0 Å². The summed E-state index contributed by atoms with van der Waals surface area (Å²) in [6.45, 7) is 0.890. The van der Waals surface area contributed by atoms with Crippen molar-refractivity contribution in [2.75, 3.05) is 10.6 Å². The zero-order valence-electron chi connectivity index (χ0n) is 13.6. The zero-order valence-corrected chi connectivity index (χ0v) is 13.6. The molecule has 1 amide bonds. The van der Waals surface area contributed by atoms with Crippen LogP contribution in [0.4, 0.5) is 17.5 Å². The number of carbonyl (C=O) groups is 1. The fourth-order valence-electron chi connectivity index (χ4n) is 2.86. The van der Waals surface area contributed by atoms with Crippen molar-refractivity contribution >= 4 is 23.4 Å². The minimum Gasteiger partial charge on any atom is -0.324 e. The number of hydrogen-bond acceptors (Lipinski definition) is 5. The van der Waals surface area contributed by atoms with Crippen LogP contribution in [0, 0.1) is 0 Å². The molecule has 0 bridgehead atoms. The summed E-state index contributed by atoms with van der Waals surface area (Å²) in [5.74, 6) is 1.97. The van der Waals surface area contributed by atoms with Crippen LogP contribution in [0.15, 0.2) is 48.9 Å². The van der Waals surface area contributed by atoms with Gasteiger partial charge in [-0.1, -0.05) is 18.2 Å². The zero-order chi connectivity index (χ0) is 17.1. The molecule has 2 N–H and O–H groups in total. The molecule has 4 rings (SSSR count). The third kappa shape index (κ3) is 3.35. The Morgan fingerprint density at radius 2 is 1.80 bits per heavy atom. The van der Waals surface area contributed by atoms with Crippen molar-refractivity contribution in [3.63, 3.8) is 0 Å². The van der Waals surface area contributed by atoms with E-state index in [1.165, 1.54) is 12.4 Å². The number of aromatic nitrogens is 4. The molecular weight excluding hydrogens is 316 g/mol. The standard InChI is InChI=1S/C18H18N6O/c25-17(23-16-12-19-15-8-4-5-9-24(15)16)13-10-20-18(21-11-13)22-14-6-2-1-3-7-14/h1-3,6-7,10-12H,4-5,8-9H2,(H,23,25)(H,20,21,22). The summed E-state index contributed by atoms with van der Waals surface area (Å²) in [7, 11) is 0. The number of benzene rings is 1. The lowest BCUT2D eigenvalue weighted by Gasteiger charge is -2.16. The normalized spacial score (nSPS) is 13.1. The van der Waals surface area contributed by atoms with Gasteiger partial charge in [-0.2, -0.15) is 0 Å². The monoisotopic (exact) mass is 334 g/mol. The van der Waals surface area contributed by atoms with Crippen LogP contribution < -0.4 is 10.6 Å². The molecule has 3 heterocycles. The highest BCUT2D eigenvalue weighted by molar-refractivity contribution is 6.03. The summed E-state index contributed by atoms with van der Waals surface area (Å²) >= 11 is 0. The number of anilines is 3. The second kappa shape index (κ2) is 6.72. The van der Waals surface area contributed by atoms with E-state index >= 15 is 0 Å². The van der Waals surface area contributed by atoms with Crippen LogP contribution in [0.3, 0.4) is 0 Å². The maximum atomic E-state index is 12.4. The summed E-state index contributed by atoms with van der Waals surface area (Å²) in [6.07, 6.45) is 7.95. The highest BCUT2D eigenvalue weighted by Crippen LogP contribution is 2.20. The second-order valence-electron chi connectivity index (χ2n) is 5.91. The lowest BCUT2D eigenvalue weighted by atomic mass is 10.2. The number of fused-ring (bicyclic) bond motifs is 1. The fraction of sp³-hybridized carbons (Fsp3) is 0.222. The molecule has 0 saturated heterocycles. The van der Waals surface area contributed by atoms with Gasteiger partial charge < -0.3 is 15.2 Å². The second-order valence-corrected chi connectivity index (χ2v) is 5.91. The van der Waals surface area contributed by atoms with Gasteiger partial charge in [0.2, 0.25) is 5.95 Å². The van der Waals surface area contributed by atoms with Gasteiger partial charge in [0.15, 0.2) is 0 Å². The van der Waals surface area contributed by atoms with Crippen molar-refractivity contribution in [3.05, 3.63) is 60.3 Å². The average molecular weight is 334 g/mol. The SMILES string of the molecule is O=C(Nc1cnc2n1CCCC2)c1cnc(Nc2ccccc2)nc1. The number of aryl methyl sites for hydroxylation is 1. The molecule has 1 aliphatic heterocycles. The average Bonchev–Trinajstić information content (AvgIpc) is 3.06. The van der Waals surface area contributed by atoms with E-state index in [9.17, 15) is 4.79 Å². The molecule has 7 heteroatoms. The number of imidazole rings is 1. The van der Waals surface area contributed by atoms with Crippen LogP contribution >= 0.6 is 0 Å². The topological polar surface area (TPSA) is 84.7 Å². The number of amides is 1. The molecule has 1 aromatic carbocycles. The molecule has 3 aromatic rings. The van der Waals surface area contributed by atoms with E-state index in [4.69, 9.17) is 0 Å². The van der Waals surface area contributed by atoms with E-state index in [1.54, 1.807) is 6.20 Å². The molecule has 0 spiro atoms.